The molecule has 2 aliphatic rings. The van der Waals surface area contributed by atoms with Gasteiger partial charge in [-0.25, -0.2) is 0 Å². The van der Waals surface area contributed by atoms with Crippen LogP contribution < -0.4 is 15.2 Å². The highest BCUT2D eigenvalue weighted by molar-refractivity contribution is 5.44. The number of benzene rings is 1. The third-order valence-corrected chi connectivity index (χ3v) is 4.03. The highest BCUT2D eigenvalue weighted by Gasteiger charge is 2.47. The summed E-state index contributed by atoms with van der Waals surface area (Å²) in [5.41, 5.74) is 7.27. The van der Waals surface area contributed by atoms with Crippen molar-refractivity contribution in [3.05, 3.63) is 23.8 Å². The first-order chi connectivity index (χ1) is 8.12. The minimum absolute atomic E-state index is 0.0789. The summed E-state index contributed by atoms with van der Waals surface area (Å²) in [6, 6.07) is 6.00. The van der Waals surface area contributed by atoms with Crippen LogP contribution in [0.1, 0.15) is 37.8 Å². The molecule has 17 heavy (non-hydrogen) atoms. The van der Waals surface area contributed by atoms with Crippen LogP contribution in [-0.2, 0) is 0 Å². The fourth-order valence-corrected chi connectivity index (χ4v) is 2.82. The maximum absolute atomic E-state index is 6.26. The zero-order valence-corrected chi connectivity index (χ0v) is 10.4. The zero-order valence-electron chi connectivity index (χ0n) is 10.4. The van der Waals surface area contributed by atoms with Crippen molar-refractivity contribution in [2.75, 3.05) is 7.11 Å². The van der Waals surface area contributed by atoms with E-state index in [0.717, 1.165) is 23.5 Å². The number of hydrogen-bond donors (Lipinski definition) is 1. The molecule has 3 nitrogen and oxygen atoms in total. The van der Waals surface area contributed by atoms with Gasteiger partial charge in [0.25, 0.3) is 0 Å². The van der Waals surface area contributed by atoms with Gasteiger partial charge in [0.15, 0.2) is 0 Å². The molecular formula is C14H19NO2. The Hall–Kier alpha value is -1.22. The molecule has 2 atom stereocenters. The molecule has 1 fully saturated rings. The Morgan fingerprint density at radius 3 is 2.82 bits per heavy atom. The van der Waals surface area contributed by atoms with Crippen LogP contribution in [0.25, 0.3) is 0 Å². The van der Waals surface area contributed by atoms with E-state index in [1.807, 2.05) is 18.2 Å². The molecule has 1 aromatic carbocycles. The third-order valence-electron chi connectivity index (χ3n) is 4.03. The van der Waals surface area contributed by atoms with Crippen LogP contribution in [0.15, 0.2) is 18.2 Å². The van der Waals surface area contributed by atoms with E-state index in [1.54, 1.807) is 7.11 Å². The summed E-state index contributed by atoms with van der Waals surface area (Å²) in [6.07, 6.45) is 3.45. The van der Waals surface area contributed by atoms with Gasteiger partial charge in [0.05, 0.1) is 7.11 Å². The molecule has 0 amide bonds. The summed E-state index contributed by atoms with van der Waals surface area (Å²) < 4.78 is 11.4. The molecule has 0 spiro atoms. The lowest BCUT2D eigenvalue weighted by atomic mass is 9.85. The Kier molecular flexibility index (Phi) is 2.33. The van der Waals surface area contributed by atoms with E-state index in [-0.39, 0.29) is 11.6 Å². The average molecular weight is 233 g/mol. The maximum Gasteiger partial charge on any atom is 0.128 e. The largest absolute Gasteiger partial charge is 0.497 e. The molecule has 1 saturated carbocycles. The van der Waals surface area contributed by atoms with Crippen molar-refractivity contribution >= 4 is 0 Å². The Morgan fingerprint density at radius 2 is 2.18 bits per heavy atom. The minimum atomic E-state index is -0.0845. The second-order valence-electron chi connectivity index (χ2n) is 5.40. The van der Waals surface area contributed by atoms with Gasteiger partial charge < -0.3 is 15.2 Å². The molecule has 1 heterocycles. The molecule has 3 rings (SSSR count). The fraction of sp³-hybridized carbons (Fsp3) is 0.571. The van der Waals surface area contributed by atoms with Gasteiger partial charge in [-0.3, -0.25) is 0 Å². The van der Waals surface area contributed by atoms with Gasteiger partial charge in [-0.2, -0.15) is 0 Å². The maximum atomic E-state index is 6.26. The van der Waals surface area contributed by atoms with Crippen LogP contribution >= 0.6 is 0 Å². The molecule has 1 aliphatic heterocycles. The standard InChI is InChI=1S/C14H19NO2/c1-14(9-3-4-9)8-12(15)11-6-5-10(16-2)7-13(11)17-14/h5-7,9,12H,3-4,8,15H2,1-2H3/t12-,14?/m1/s1. The van der Waals surface area contributed by atoms with E-state index in [2.05, 4.69) is 6.92 Å². The quantitative estimate of drug-likeness (QED) is 0.854. The molecule has 3 heteroatoms. The summed E-state index contributed by atoms with van der Waals surface area (Å²) in [7, 11) is 1.67. The van der Waals surface area contributed by atoms with Crippen molar-refractivity contribution in [3.8, 4) is 11.5 Å². The molecule has 1 unspecified atom stereocenters. The van der Waals surface area contributed by atoms with Crippen molar-refractivity contribution in [1.82, 2.24) is 0 Å². The van der Waals surface area contributed by atoms with Crippen molar-refractivity contribution in [2.24, 2.45) is 11.7 Å². The minimum Gasteiger partial charge on any atom is -0.497 e. The number of hydrogen-bond acceptors (Lipinski definition) is 3. The molecular weight excluding hydrogens is 214 g/mol. The van der Waals surface area contributed by atoms with E-state index in [1.165, 1.54) is 12.8 Å². The van der Waals surface area contributed by atoms with Crippen LogP contribution in [0.4, 0.5) is 0 Å². The molecule has 0 aromatic heterocycles. The summed E-state index contributed by atoms with van der Waals surface area (Å²) in [5.74, 6) is 2.40. The van der Waals surface area contributed by atoms with Gasteiger partial charge >= 0.3 is 0 Å². The monoisotopic (exact) mass is 233 g/mol. The smallest absolute Gasteiger partial charge is 0.128 e. The second-order valence-corrected chi connectivity index (χ2v) is 5.40. The molecule has 0 saturated heterocycles. The summed E-state index contributed by atoms with van der Waals surface area (Å²) in [5, 5.41) is 0. The van der Waals surface area contributed by atoms with E-state index < -0.39 is 0 Å². The third kappa shape index (κ3) is 1.78. The Bertz CT molecular complexity index is 442. The van der Waals surface area contributed by atoms with E-state index in [0.29, 0.717) is 5.92 Å². The predicted molar refractivity (Wildman–Crippen MR) is 66.3 cm³/mol. The summed E-state index contributed by atoms with van der Waals surface area (Å²) in [4.78, 5) is 0. The lowest BCUT2D eigenvalue weighted by Crippen LogP contribution is -2.42. The van der Waals surface area contributed by atoms with E-state index >= 15 is 0 Å². The molecule has 0 radical (unpaired) electrons. The highest BCUT2D eigenvalue weighted by atomic mass is 16.5. The van der Waals surface area contributed by atoms with Crippen molar-refractivity contribution in [1.29, 1.82) is 0 Å². The van der Waals surface area contributed by atoms with Gasteiger partial charge in [0.1, 0.15) is 17.1 Å². The Morgan fingerprint density at radius 1 is 1.41 bits per heavy atom. The molecule has 92 valence electrons. The Balaban J connectivity index is 1.97. The summed E-state index contributed by atoms with van der Waals surface area (Å²) >= 11 is 0. The highest BCUT2D eigenvalue weighted by Crippen LogP contribution is 2.50. The SMILES string of the molecule is COc1ccc2c(c1)OC(C)(C1CC1)C[C@H]2N. The van der Waals surface area contributed by atoms with Crippen LogP contribution in [0.2, 0.25) is 0 Å². The van der Waals surface area contributed by atoms with Gasteiger partial charge in [0.2, 0.25) is 0 Å². The van der Waals surface area contributed by atoms with Crippen molar-refractivity contribution < 1.29 is 9.47 Å². The van der Waals surface area contributed by atoms with E-state index in [4.69, 9.17) is 15.2 Å². The number of rotatable bonds is 2. The Labute approximate surface area is 102 Å². The first kappa shape index (κ1) is 10.9. The molecule has 1 aliphatic carbocycles. The number of fused-ring (bicyclic) bond motifs is 1. The first-order valence-electron chi connectivity index (χ1n) is 6.25. The van der Waals surface area contributed by atoms with Gasteiger partial charge in [-0.05, 0) is 31.7 Å². The number of ether oxygens (including phenoxy) is 2. The normalized spacial score (nSPS) is 31.6. The zero-order chi connectivity index (χ0) is 12.0. The molecule has 2 N–H and O–H groups in total. The van der Waals surface area contributed by atoms with Crippen LogP contribution in [0.3, 0.4) is 0 Å². The lowest BCUT2D eigenvalue weighted by molar-refractivity contribution is 0.0322. The van der Waals surface area contributed by atoms with Crippen LogP contribution in [0.5, 0.6) is 11.5 Å². The van der Waals surface area contributed by atoms with Gasteiger partial charge in [-0.15, -0.1) is 0 Å². The topological polar surface area (TPSA) is 44.5 Å². The van der Waals surface area contributed by atoms with Crippen LogP contribution in [0, 0.1) is 5.92 Å². The summed E-state index contributed by atoms with van der Waals surface area (Å²) in [6.45, 7) is 2.19. The van der Waals surface area contributed by atoms with Gasteiger partial charge in [-0.1, -0.05) is 6.07 Å². The second kappa shape index (κ2) is 3.64. The van der Waals surface area contributed by atoms with Crippen molar-refractivity contribution in [3.63, 3.8) is 0 Å². The number of methoxy groups -OCH3 is 1. The van der Waals surface area contributed by atoms with Crippen molar-refractivity contribution in [2.45, 2.75) is 37.8 Å². The van der Waals surface area contributed by atoms with E-state index in [9.17, 15) is 0 Å². The first-order valence-corrected chi connectivity index (χ1v) is 6.25. The number of nitrogens with two attached hydrogens (primary N) is 1. The molecule has 0 bridgehead atoms. The fourth-order valence-electron chi connectivity index (χ4n) is 2.82. The van der Waals surface area contributed by atoms with Gasteiger partial charge in [0, 0.05) is 24.1 Å². The lowest BCUT2D eigenvalue weighted by Gasteiger charge is -2.39. The predicted octanol–water partition coefficient (Wildman–Crippen LogP) is 2.65. The average Bonchev–Trinajstić information content (AvgIpc) is 3.12. The van der Waals surface area contributed by atoms with Crippen LogP contribution in [-0.4, -0.2) is 12.7 Å². The molecule has 1 aromatic rings.